The number of anilines is 2. The van der Waals surface area contributed by atoms with Crippen molar-refractivity contribution in [2.45, 2.75) is 30.0 Å². The van der Waals surface area contributed by atoms with Gasteiger partial charge in [-0.15, -0.1) is 23.2 Å². The minimum atomic E-state index is -1.26. The Bertz CT molecular complexity index is 1280. The van der Waals surface area contributed by atoms with E-state index < -0.39 is 16.2 Å². The van der Waals surface area contributed by atoms with E-state index in [1.54, 1.807) is 36.4 Å². The molecule has 2 atom stereocenters. The van der Waals surface area contributed by atoms with Gasteiger partial charge in [0, 0.05) is 38.6 Å². The van der Waals surface area contributed by atoms with E-state index in [0.29, 0.717) is 43.5 Å². The zero-order valence-corrected chi connectivity index (χ0v) is 22.8. The maximum absolute atomic E-state index is 13.1. The lowest BCUT2D eigenvalue weighted by Gasteiger charge is -2.17. The minimum Gasteiger partial charge on any atom is -0.355 e. The van der Waals surface area contributed by atoms with Crippen molar-refractivity contribution in [2.24, 2.45) is 5.92 Å². The van der Waals surface area contributed by atoms with E-state index in [2.05, 4.69) is 37.1 Å². The van der Waals surface area contributed by atoms with E-state index in [0.717, 1.165) is 11.3 Å². The average molecular weight is 569 g/mol. The van der Waals surface area contributed by atoms with Crippen LogP contribution in [0.2, 0.25) is 15.1 Å². The van der Waals surface area contributed by atoms with Gasteiger partial charge in [0.25, 0.3) is 0 Å². The molecular formula is C27H23Cl5N2O. The van der Waals surface area contributed by atoms with E-state index >= 15 is 0 Å². The number of hydrogen-bond acceptors (Lipinski definition) is 2. The first-order valence-corrected chi connectivity index (χ1v) is 12.9. The van der Waals surface area contributed by atoms with Gasteiger partial charge in [0.15, 0.2) is 0 Å². The van der Waals surface area contributed by atoms with Crippen LogP contribution in [0.25, 0.3) is 5.70 Å². The number of benzene rings is 3. The molecule has 1 aliphatic rings. The second kappa shape index (κ2) is 10.2. The number of alkyl halides is 2. The number of para-hydroxylation sites is 1. The molecule has 2 unspecified atom stereocenters. The van der Waals surface area contributed by atoms with E-state index in [4.69, 9.17) is 58.0 Å². The molecule has 0 spiro atoms. The number of carbonyl (C=O) groups excluding carboxylic acids is 1. The summed E-state index contributed by atoms with van der Waals surface area (Å²) in [6, 6.07) is 18.3. The van der Waals surface area contributed by atoms with E-state index in [-0.39, 0.29) is 5.91 Å². The van der Waals surface area contributed by atoms with Crippen LogP contribution in [-0.4, -0.2) is 10.2 Å². The van der Waals surface area contributed by atoms with Crippen molar-refractivity contribution < 1.29 is 4.79 Å². The molecule has 35 heavy (non-hydrogen) atoms. The lowest BCUT2D eigenvalue weighted by Crippen LogP contribution is -2.17. The Kier molecular flexibility index (Phi) is 7.66. The van der Waals surface area contributed by atoms with Crippen LogP contribution < -0.4 is 10.6 Å². The maximum Gasteiger partial charge on any atom is 0.231 e. The Balaban J connectivity index is 1.52. The van der Waals surface area contributed by atoms with Gasteiger partial charge < -0.3 is 10.6 Å². The molecule has 0 bridgehead atoms. The van der Waals surface area contributed by atoms with Gasteiger partial charge in [-0.2, -0.15) is 0 Å². The first kappa shape index (κ1) is 26.2. The van der Waals surface area contributed by atoms with Crippen LogP contribution in [0.4, 0.5) is 11.4 Å². The Morgan fingerprint density at radius 1 is 0.943 bits per heavy atom. The number of carbonyl (C=O) groups is 1. The highest BCUT2D eigenvalue weighted by molar-refractivity contribution is 6.53. The minimum absolute atomic E-state index is 0.312. The Morgan fingerprint density at radius 3 is 2.26 bits per heavy atom. The summed E-state index contributed by atoms with van der Waals surface area (Å²) in [5.41, 5.74) is 4.66. The molecule has 0 radical (unpaired) electrons. The summed E-state index contributed by atoms with van der Waals surface area (Å²) in [6.45, 7) is 8.42. The SMILES string of the molecule is C=C(Nc1ccccc1C(C)C)c1cc(NC(=O)C2C(c3cc(Cl)cc(Cl)c3)C2(Cl)Cl)ccc1Cl. The summed E-state index contributed by atoms with van der Waals surface area (Å²) in [6.07, 6.45) is 0. The largest absolute Gasteiger partial charge is 0.355 e. The molecule has 8 heteroatoms. The fraction of sp³-hybridized carbons (Fsp3) is 0.222. The van der Waals surface area contributed by atoms with Gasteiger partial charge in [-0.05, 0) is 59.5 Å². The lowest BCUT2D eigenvalue weighted by atomic mass is 10.0. The van der Waals surface area contributed by atoms with Crippen molar-refractivity contribution in [3.05, 3.63) is 99.0 Å². The van der Waals surface area contributed by atoms with Crippen LogP contribution >= 0.6 is 58.0 Å². The molecule has 4 rings (SSSR count). The Morgan fingerprint density at radius 2 is 1.60 bits per heavy atom. The van der Waals surface area contributed by atoms with Gasteiger partial charge in [0.2, 0.25) is 5.91 Å². The number of rotatable bonds is 7. The molecule has 0 heterocycles. The van der Waals surface area contributed by atoms with Gasteiger partial charge in [0.05, 0.1) is 10.9 Å². The number of halogens is 5. The number of nitrogens with one attached hydrogen (secondary N) is 2. The van der Waals surface area contributed by atoms with Gasteiger partial charge in [-0.25, -0.2) is 0 Å². The molecule has 0 aliphatic heterocycles. The van der Waals surface area contributed by atoms with Gasteiger partial charge in [-0.3, -0.25) is 4.79 Å². The van der Waals surface area contributed by atoms with Crippen LogP contribution in [0.15, 0.2) is 67.2 Å². The fourth-order valence-electron chi connectivity index (χ4n) is 4.22. The molecular weight excluding hydrogens is 546 g/mol. The van der Waals surface area contributed by atoms with Crippen molar-refractivity contribution >= 4 is 81.0 Å². The van der Waals surface area contributed by atoms with Crippen molar-refractivity contribution in [3.63, 3.8) is 0 Å². The maximum atomic E-state index is 13.1. The second-order valence-electron chi connectivity index (χ2n) is 8.86. The average Bonchev–Trinajstić information content (AvgIpc) is 3.36. The standard InChI is InChI=1S/C27H23Cl5N2O/c1-14(2)20-6-4-5-7-23(20)33-15(3)21-13-19(8-9-22(21)30)34-26(35)25-24(27(25,31)32)16-10-17(28)12-18(29)11-16/h4-14,24-25,33H,3H2,1-2H3,(H,34,35). The Hall–Kier alpha value is -1.88. The van der Waals surface area contributed by atoms with Crippen LogP contribution in [0.3, 0.4) is 0 Å². The molecule has 3 aromatic carbocycles. The van der Waals surface area contributed by atoms with Crippen LogP contribution in [0, 0.1) is 5.92 Å². The highest BCUT2D eigenvalue weighted by atomic mass is 35.5. The molecule has 1 amide bonds. The third kappa shape index (κ3) is 5.60. The van der Waals surface area contributed by atoms with Gasteiger partial charge >= 0.3 is 0 Å². The van der Waals surface area contributed by atoms with Crippen LogP contribution in [0.5, 0.6) is 0 Å². The predicted octanol–water partition coefficient (Wildman–Crippen LogP) is 9.38. The molecule has 1 aliphatic carbocycles. The summed E-state index contributed by atoms with van der Waals surface area (Å²) in [4.78, 5) is 13.1. The first-order chi connectivity index (χ1) is 16.5. The van der Waals surface area contributed by atoms with Crippen LogP contribution in [-0.2, 0) is 4.79 Å². The van der Waals surface area contributed by atoms with Crippen LogP contribution in [0.1, 0.15) is 42.4 Å². The molecule has 2 N–H and O–H groups in total. The monoisotopic (exact) mass is 566 g/mol. The predicted molar refractivity (Wildman–Crippen MR) is 150 cm³/mol. The van der Waals surface area contributed by atoms with E-state index in [1.165, 1.54) is 0 Å². The fourth-order valence-corrected chi connectivity index (χ4v) is 5.82. The van der Waals surface area contributed by atoms with Crippen molar-refractivity contribution in [2.75, 3.05) is 10.6 Å². The third-order valence-corrected chi connectivity index (χ3v) is 7.71. The molecule has 1 saturated carbocycles. The highest BCUT2D eigenvalue weighted by Crippen LogP contribution is 2.65. The molecule has 3 aromatic rings. The molecule has 0 aromatic heterocycles. The zero-order chi connectivity index (χ0) is 25.5. The van der Waals surface area contributed by atoms with E-state index in [1.807, 2.05) is 18.2 Å². The van der Waals surface area contributed by atoms with E-state index in [9.17, 15) is 4.79 Å². The number of amides is 1. The lowest BCUT2D eigenvalue weighted by molar-refractivity contribution is -0.117. The molecule has 182 valence electrons. The zero-order valence-electron chi connectivity index (χ0n) is 19.0. The smallest absolute Gasteiger partial charge is 0.231 e. The molecule has 0 saturated heterocycles. The van der Waals surface area contributed by atoms with Crippen molar-refractivity contribution in [1.29, 1.82) is 0 Å². The second-order valence-corrected chi connectivity index (χ2v) is 11.6. The quantitative estimate of drug-likeness (QED) is 0.279. The molecule has 3 nitrogen and oxygen atoms in total. The van der Waals surface area contributed by atoms with Crippen molar-refractivity contribution in [3.8, 4) is 0 Å². The van der Waals surface area contributed by atoms with Gasteiger partial charge in [-0.1, -0.05) is 73.4 Å². The first-order valence-electron chi connectivity index (χ1n) is 11.0. The van der Waals surface area contributed by atoms with Crippen molar-refractivity contribution in [1.82, 2.24) is 0 Å². The van der Waals surface area contributed by atoms with Gasteiger partial charge in [0.1, 0.15) is 4.33 Å². The summed E-state index contributed by atoms with van der Waals surface area (Å²) in [7, 11) is 0. The summed E-state index contributed by atoms with van der Waals surface area (Å²) < 4.78 is -1.26. The highest BCUT2D eigenvalue weighted by Gasteiger charge is 2.67. The topological polar surface area (TPSA) is 41.1 Å². The summed E-state index contributed by atoms with van der Waals surface area (Å²) in [5, 5.41) is 7.67. The summed E-state index contributed by atoms with van der Waals surface area (Å²) in [5.74, 6) is -1.08. The molecule has 1 fully saturated rings. The third-order valence-electron chi connectivity index (χ3n) is 6.01. The Labute approximate surface area is 230 Å². The normalized spacial score (nSPS) is 18.3. The summed E-state index contributed by atoms with van der Waals surface area (Å²) >= 11 is 31.7. The number of hydrogen-bond donors (Lipinski definition) is 2.